The molecule has 1 heterocycles. The molecule has 1 aromatic heterocycles. The summed E-state index contributed by atoms with van der Waals surface area (Å²) in [5.41, 5.74) is 5.78. The molecule has 1 aliphatic rings. The van der Waals surface area contributed by atoms with E-state index in [-0.39, 0.29) is 11.9 Å². The number of nitrogen functional groups attached to an aromatic ring is 1. The molecule has 1 unspecified atom stereocenters. The lowest BCUT2D eigenvalue weighted by Gasteiger charge is -2.11. The molecule has 2 rings (SSSR count). The molecule has 1 atom stereocenters. The number of rotatable bonds is 6. The van der Waals surface area contributed by atoms with Gasteiger partial charge in [0.05, 0.1) is 0 Å². The summed E-state index contributed by atoms with van der Waals surface area (Å²) in [4.78, 5) is 16.7. The molecule has 0 aromatic carbocycles. The molecule has 0 saturated heterocycles. The second kappa shape index (κ2) is 5.79. The standard InChI is InChI=1S/C11H18N4OS2/c1-6(5-17-2)13-10(16)8-9(12)15-11(18-8)14-7-3-4-7/h6-7H,3-5,12H2,1-2H3,(H,13,16)(H,14,15). The number of thioether (sulfide) groups is 1. The predicted octanol–water partition coefficient (Wildman–Crippen LogP) is 1.78. The molecule has 0 bridgehead atoms. The van der Waals surface area contributed by atoms with Gasteiger partial charge in [0.15, 0.2) is 5.13 Å². The number of thiazole rings is 1. The summed E-state index contributed by atoms with van der Waals surface area (Å²) >= 11 is 3.03. The van der Waals surface area contributed by atoms with Gasteiger partial charge in [0.25, 0.3) is 5.91 Å². The smallest absolute Gasteiger partial charge is 0.265 e. The van der Waals surface area contributed by atoms with E-state index in [1.807, 2.05) is 13.2 Å². The monoisotopic (exact) mass is 286 g/mol. The highest BCUT2D eigenvalue weighted by Crippen LogP contribution is 2.30. The number of carbonyl (C=O) groups excluding carboxylic acids is 1. The number of carbonyl (C=O) groups is 1. The van der Waals surface area contributed by atoms with Gasteiger partial charge in [-0.3, -0.25) is 4.79 Å². The maximum Gasteiger partial charge on any atom is 0.265 e. The fourth-order valence-corrected chi connectivity index (χ4v) is 2.99. The fourth-order valence-electron chi connectivity index (χ4n) is 1.54. The van der Waals surface area contributed by atoms with E-state index in [0.29, 0.717) is 16.7 Å². The van der Waals surface area contributed by atoms with E-state index >= 15 is 0 Å². The van der Waals surface area contributed by atoms with Crippen molar-refractivity contribution in [2.24, 2.45) is 0 Å². The Bertz CT molecular complexity index is 431. The van der Waals surface area contributed by atoms with Crippen LogP contribution in [-0.4, -0.2) is 35.0 Å². The Morgan fingerprint density at radius 3 is 3.00 bits per heavy atom. The van der Waals surface area contributed by atoms with Crippen molar-refractivity contribution in [2.75, 3.05) is 23.1 Å². The van der Waals surface area contributed by atoms with Crippen molar-refractivity contribution in [2.45, 2.75) is 31.8 Å². The maximum atomic E-state index is 12.0. The molecule has 1 aliphatic carbocycles. The highest BCUT2D eigenvalue weighted by atomic mass is 32.2. The molecule has 0 aliphatic heterocycles. The van der Waals surface area contributed by atoms with Crippen molar-refractivity contribution in [1.29, 1.82) is 0 Å². The van der Waals surface area contributed by atoms with Crippen LogP contribution < -0.4 is 16.4 Å². The first kappa shape index (κ1) is 13.5. The Kier molecular flexibility index (Phi) is 4.34. The average molecular weight is 286 g/mol. The van der Waals surface area contributed by atoms with Crippen LogP contribution in [0.1, 0.15) is 29.4 Å². The summed E-state index contributed by atoms with van der Waals surface area (Å²) in [6.45, 7) is 1.98. The fraction of sp³-hybridized carbons (Fsp3) is 0.636. The SMILES string of the molecule is CSCC(C)NC(=O)c1sc(NC2CC2)nc1N. The third kappa shape index (κ3) is 3.52. The summed E-state index contributed by atoms with van der Waals surface area (Å²) in [6.07, 6.45) is 4.36. The van der Waals surface area contributed by atoms with Gasteiger partial charge < -0.3 is 16.4 Å². The Morgan fingerprint density at radius 2 is 2.39 bits per heavy atom. The average Bonchev–Trinajstić information content (AvgIpc) is 3.01. The first-order chi connectivity index (χ1) is 8.60. The van der Waals surface area contributed by atoms with Crippen molar-refractivity contribution >= 4 is 40.0 Å². The number of nitrogens with one attached hydrogen (secondary N) is 2. The summed E-state index contributed by atoms with van der Waals surface area (Å²) in [6, 6.07) is 0.649. The zero-order valence-corrected chi connectivity index (χ0v) is 12.2. The minimum Gasteiger partial charge on any atom is -0.382 e. The molecule has 5 nitrogen and oxygen atoms in total. The zero-order chi connectivity index (χ0) is 13.1. The van der Waals surface area contributed by atoms with Crippen molar-refractivity contribution < 1.29 is 4.79 Å². The lowest BCUT2D eigenvalue weighted by molar-refractivity contribution is 0.0948. The van der Waals surface area contributed by atoms with Crippen LogP contribution in [0, 0.1) is 0 Å². The van der Waals surface area contributed by atoms with Crippen LogP contribution in [0.15, 0.2) is 0 Å². The normalized spacial score (nSPS) is 16.3. The summed E-state index contributed by atoms with van der Waals surface area (Å²) < 4.78 is 0. The van der Waals surface area contributed by atoms with Gasteiger partial charge in [-0.15, -0.1) is 0 Å². The van der Waals surface area contributed by atoms with E-state index in [1.165, 1.54) is 24.2 Å². The third-order valence-corrected chi connectivity index (χ3v) is 4.39. The van der Waals surface area contributed by atoms with Gasteiger partial charge in [-0.2, -0.15) is 11.8 Å². The van der Waals surface area contributed by atoms with Gasteiger partial charge in [0.1, 0.15) is 10.7 Å². The number of aromatic nitrogens is 1. The van der Waals surface area contributed by atoms with Crippen LogP contribution in [0.5, 0.6) is 0 Å². The summed E-state index contributed by atoms with van der Waals surface area (Å²) in [7, 11) is 0. The molecule has 7 heteroatoms. The number of hydrogen-bond acceptors (Lipinski definition) is 6. The van der Waals surface area contributed by atoms with E-state index in [4.69, 9.17) is 5.73 Å². The van der Waals surface area contributed by atoms with Crippen molar-refractivity contribution in [3.05, 3.63) is 4.88 Å². The summed E-state index contributed by atoms with van der Waals surface area (Å²) in [5, 5.41) is 6.92. The van der Waals surface area contributed by atoms with E-state index in [2.05, 4.69) is 15.6 Å². The molecule has 100 valence electrons. The van der Waals surface area contributed by atoms with Gasteiger partial charge in [-0.1, -0.05) is 11.3 Å². The number of hydrogen-bond donors (Lipinski definition) is 3. The van der Waals surface area contributed by atoms with Crippen LogP contribution in [0.3, 0.4) is 0 Å². The van der Waals surface area contributed by atoms with Crippen LogP contribution >= 0.6 is 23.1 Å². The number of anilines is 2. The van der Waals surface area contributed by atoms with E-state index in [9.17, 15) is 4.79 Å². The minimum atomic E-state index is -0.129. The third-order valence-electron chi connectivity index (χ3n) is 2.56. The molecule has 1 amide bonds. The van der Waals surface area contributed by atoms with Crippen LogP contribution in [0.2, 0.25) is 0 Å². The molecule has 1 aromatic rings. The van der Waals surface area contributed by atoms with Crippen molar-refractivity contribution in [3.63, 3.8) is 0 Å². The van der Waals surface area contributed by atoms with E-state index in [0.717, 1.165) is 10.9 Å². The lowest BCUT2D eigenvalue weighted by atomic mass is 10.3. The Morgan fingerprint density at radius 1 is 1.67 bits per heavy atom. The molecular formula is C11H18N4OS2. The molecule has 1 saturated carbocycles. The molecular weight excluding hydrogens is 268 g/mol. The second-order valence-corrected chi connectivity index (χ2v) is 6.39. The Labute approximate surface area is 115 Å². The molecule has 0 spiro atoms. The highest BCUT2D eigenvalue weighted by Gasteiger charge is 2.24. The van der Waals surface area contributed by atoms with E-state index in [1.54, 1.807) is 11.8 Å². The number of nitrogens with two attached hydrogens (primary N) is 1. The number of nitrogens with zero attached hydrogens (tertiary/aromatic N) is 1. The van der Waals surface area contributed by atoms with Crippen LogP contribution in [0.4, 0.5) is 10.9 Å². The molecule has 18 heavy (non-hydrogen) atoms. The van der Waals surface area contributed by atoms with Gasteiger partial charge >= 0.3 is 0 Å². The summed E-state index contributed by atoms with van der Waals surface area (Å²) in [5.74, 6) is 1.07. The van der Waals surface area contributed by atoms with Crippen molar-refractivity contribution in [3.8, 4) is 0 Å². The largest absolute Gasteiger partial charge is 0.382 e. The first-order valence-corrected chi connectivity index (χ1v) is 8.13. The van der Waals surface area contributed by atoms with Crippen LogP contribution in [0.25, 0.3) is 0 Å². The minimum absolute atomic E-state index is 0.129. The Balaban J connectivity index is 1.97. The van der Waals surface area contributed by atoms with Gasteiger partial charge in [-0.25, -0.2) is 4.98 Å². The second-order valence-electron chi connectivity index (χ2n) is 4.48. The Hall–Kier alpha value is -0.950. The maximum absolute atomic E-state index is 12.0. The predicted molar refractivity (Wildman–Crippen MR) is 78.5 cm³/mol. The quantitative estimate of drug-likeness (QED) is 0.743. The lowest BCUT2D eigenvalue weighted by Crippen LogP contribution is -2.34. The van der Waals surface area contributed by atoms with Crippen molar-refractivity contribution in [1.82, 2.24) is 10.3 Å². The van der Waals surface area contributed by atoms with Gasteiger partial charge in [0, 0.05) is 17.8 Å². The molecule has 0 radical (unpaired) electrons. The molecule has 1 fully saturated rings. The van der Waals surface area contributed by atoms with Gasteiger partial charge in [0.2, 0.25) is 0 Å². The van der Waals surface area contributed by atoms with Gasteiger partial charge in [-0.05, 0) is 26.0 Å². The van der Waals surface area contributed by atoms with Crippen LogP contribution in [-0.2, 0) is 0 Å². The first-order valence-electron chi connectivity index (χ1n) is 5.92. The van der Waals surface area contributed by atoms with E-state index < -0.39 is 0 Å². The number of amides is 1. The topological polar surface area (TPSA) is 80.0 Å². The highest BCUT2D eigenvalue weighted by molar-refractivity contribution is 7.98. The molecule has 4 N–H and O–H groups in total. The zero-order valence-electron chi connectivity index (χ0n) is 10.5.